The molecule has 0 radical (unpaired) electrons. The van der Waals surface area contributed by atoms with Gasteiger partial charge in [-0.1, -0.05) is 37.0 Å². The van der Waals surface area contributed by atoms with Crippen molar-refractivity contribution in [3.8, 4) is 0 Å². The van der Waals surface area contributed by atoms with Crippen molar-refractivity contribution >= 4 is 11.6 Å². The summed E-state index contributed by atoms with van der Waals surface area (Å²) in [6.45, 7) is 6.63. The number of hydrogen-bond donors (Lipinski definition) is 2. The molecule has 20 heavy (non-hydrogen) atoms. The molecule has 1 aromatic rings. The van der Waals surface area contributed by atoms with E-state index >= 15 is 0 Å². The monoisotopic (exact) mass is 274 g/mol. The fourth-order valence-electron chi connectivity index (χ4n) is 3.15. The highest BCUT2D eigenvalue weighted by Crippen LogP contribution is 2.21. The Hall–Kier alpha value is -1.51. The Morgan fingerprint density at radius 2 is 1.70 bits per heavy atom. The second kappa shape index (κ2) is 6.78. The van der Waals surface area contributed by atoms with Gasteiger partial charge in [-0.25, -0.2) is 0 Å². The first kappa shape index (κ1) is 14.9. The Bertz CT molecular complexity index is 453. The summed E-state index contributed by atoms with van der Waals surface area (Å²) in [5.41, 5.74) is 4.76. The Morgan fingerprint density at radius 3 is 2.30 bits per heavy atom. The molecule has 0 bridgehead atoms. The molecule has 110 valence electrons. The fourth-order valence-corrected chi connectivity index (χ4v) is 3.15. The number of benzene rings is 1. The zero-order valence-corrected chi connectivity index (χ0v) is 12.9. The van der Waals surface area contributed by atoms with E-state index < -0.39 is 0 Å². The predicted molar refractivity (Wildman–Crippen MR) is 84.2 cm³/mol. The van der Waals surface area contributed by atoms with E-state index in [1.165, 1.54) is 36.0 Å². The van der Waals surface area contributed by atoms with Crippen molar-refractivity contribution in [2.24, 2.45) is 0 Å². The summed E-state index contributed by atoms with van der Waals surface area (Å²) in [5.74, 6) is 0.108. The van der Waals surface area contributed by atoms with Crippen molar-refractivity contribution in [2.75, 3.05) is 11.9 Å². The van der Waals surface area contributed by atoms with Crippen molar-refractivity contribution in [2.45, 2.75) is 58.9 Å². The summed E-state index contributed by atoms with van der Waals surface area (Å²) < 4.78 is 0. The van der Waals surface area contributed by atoms with Gasteiger partial charge in [0.25, 0.3) is 0 Å². The summed E-state index contributed by atoms with van der Waals surface area (Å²) >= 11 is 0. The highest BCUT2D eigenvalue weighted by atomic mass is 16.1. The molecule has 1 saturated carbocycles. The second-order valence-electron chi connectivity index (χ2n) is 6.03. The van der Waals surface area contributed by atoms with E-state index in [9.17, 15) is 4.79 Å². The van der Waals surface area contributed by atoms with Gasteiger partial charge in [0.15, 0.2) is 0 Å². The topological polar surface area (TPSA) is 41.1 Å². The van der Waals surface area contributed by atoms with Crippen LogP contribution in [0.3, 0.4) is 0 Å². The van der Waals surface area contributed by atoms with E-state index in [2.05, 4.69) is 43.5 Å². The van der Waals surface area contributed by atoms with Crippen LogP contribution in [0.25, 0.3) is 0 Å². The summed E-state index contributed by atoms with van der Waals surface area (Å²) in [6.07, 6.45) is 6.07. The highest BCUT2D eigenvalue weighted by Gasteiger charge is 2.15. The number of rotatable bonds is 4. The van der Waals surface area contributed by atoms with Crippen LogP contribution in [0.15, 0.2) is 12.1 Å². The number of anilines is 1. The van der Waals surface area contributed by atoms with Crippen LogP contribution in [-0.4, -0.2) is 18.5 Å². The molecule has 0 unspecified atom stereocenters. The average molecular weight is 274 g/mol. The van der Waals surface area contributed by atoms with E-state index in [4.69, 9.17) is 0 Å². The molecule has 3 nitrogen and oxygen atoms in total. The maximum absolute atomic E-state index is 12.0. The van der Waals surface area contributed by atoms with E-state index in [1.807, 2.05) is 0 Å². The first-order valence-corrected chi connectivity index (χ1v) is 7.67. The number of carbonyl (C=O) groups is 1. The molecule has 1 aliphatic rings. The van der Waals surface area contributed by atoms with Crippen LogP contribution in [0.2, 0.25) is 0 Å². The third-order valence-corrected chi connectivity index (χ3v) is 4.07. The van der Waals surface area contributed by atoms with Gasteiger partial charge in [0.1, 0.15) is 0 Å². The maximum Gasteiger partial charge on any atom is 0.239 e. The molecule has 1 fully saturated rings. The molecular formula is C17H26N2O. The minimum atomic E-state index is 0.108. The third kappa shape index (κ3) is 3.99. The molecule has 0 saturated heterocycles. The lowest BCUT2D eigenvalue weighted by molar-refractivity contribution is -0.120. The number of amides is 1. The maximum atomic E-state index is 12.0. The summed E-state index contributed by atoms with van der Waals surface area (Å²) in [5, 5.41) is 6.42. The Kier molecular flexibility index (Phi) is 5.05. The minimum absolute atomic E-state index is 0.108. The molecule has 1 amide bonds. The van der Waals surface area contributed by atoms with Crippen molar-refractivity contribution in [3.63, 3.8) is 0 Å². The van der Waals surface area contributed by atoms with Gasteiger partial charge in [-0.15, -0.1) is 0 Å². The molecule has 1 aromatic carbocycles. The van der Waals surface area contributed by atoms with E-state index in [-0.39, 0.29) is 5.91 Å². The molecule has 2 N–H and O–H groups in total. The van der Waals surface area contributed by atoms with Gasteiger partial charge >= 0.3 is 0 Å². The Labute approximate surface area is 122 Å². The van der Waals surface area contributed by atoms with Gasteiger partial charge in [-0.05, 0) is 44.7 Å². The van der Waals surface area contributed by atoms with Crippen LogP contribution >= 0.6 is 0 Å². The summed E-state index contributed by atoms with van der Waals surface area (Å²) in [4.78, 5) is 12.0. The van der Waals surface area contributed by atoms with Crippen molar-refractivity contribution in [1.29, 1.82) is 0 Å². The van der Waals surface area contributed by atoms with Gasteiger partial charge in [0, 0.05) is 11.7 Å². The first-order chi connectivity index (χ1) is 9.56. The number of hydrogen-bond acceptors (Lipinski definition) is 2. The zero-order chi connectivity index (χ0) is 14.5. The smallest absolute Gasteiger partial charge is 0.239 e. The average Bonchev–Trinajstić information content (AvgIpc) is 2.38. The molecule has 2 rings (SSSR count). The molecule has 0 heterocycles. The van der Waals surface area contributed by atoms with E-state index in [0.717, 1.165) is 18.5 Å². The third-order valence-electron chi connectivity index (χ3n) is 4.07. The summed E-state index contributed by atoms with van der Waals surface area (Å²) in [7, 11) is 0. The van der Waals surface area contributed by atoms with Gasteiger partial charge in [0.05, 0.1) is 6.54 Å². The predicted octanol–water partition coefficient (Wildman–Crippen LogP) is 3.47. The molecule has 0 aliphatic heterocycles. The second-order valence-corrected chi connectivity index (χ2v) is 6.03. The number of carbonyl (C=O) groups excluding carboxylic acids is 1. The van der Waals surface area contributed by atoms with Gasteiger partial charge in [-0.2, -0.15) is 0 Å². The number of nitrogens with one attached hydrogen (secondary N) is 2. The standard InChI is InChI=1S/C17H26N2O/c1-12-9-13(2)17(14(3)10-12)18-11-16(20)19-15-7-5-4-6-8-15/h9-10,15,18H,4-8,11H2,1-3H3,(H,19,20). The molecule has 3 heteroatoms. The van der Waals surface area contributed by atoms with Crippen molar-refractivity contribution in [1.82, 2.24) is 5.32 Å². The first-order valence-electron chi connectivity index (χ1n) is 7.67. The zero-order valence-electron chi connectivity index (χ0n) is 12.9. The van der Waals surface area contributed by atoms with Crippen LogP contribution < -0.4 is 10.6 Å². The Morgan fingerprint density at radius 1 is 1.10 bits per heavy atom. The van der Waals surface area contributed by atoms with Gasteiger partial charge in [0.2, 0.25) is 5.91 Å². The quantitative estimate of drug-likeness (QED) is 0.882. The van der Waals surface area contributed by atoms with Gasteiger partial charge < -0.3 is 10.6 Å². The lowest BCUT2D eigenvalue weighted by Gasteiger charge is -2.23. The molecule has 1 aliphatic carbocycles. The molecular weight excluding hydrogens is 248 g/mol. The van der Waals surface area contributed by atoms with Crippen LogP contribution in [0, 0.1) is 20.8 Å². The van der Waals surface area contributed by atoms with Crippen LogP contribution in [0.1, 0.15) is 48.8 Å². The van der Waals surface area contributed by atoms with Crippen molar-refractivity contribution in [3.05, 3.63) is 28.8 Å². The van der Waals surface area contributed by atoms with Gasteiger partial charge in [-0.3, -0.25) is 4.79 Å². The lowest BCUT2D eigenvalue weighted by atomic mass is 9.95. The minimum Gasteiger partial charge on any atom is -0.376 e. The molecule has 0 spiro atoms. The van der Waals surface area contributed by atoms with E-state index in [1.54, 1.807) is 0 Å². The highest BCUT2D eigenvalue weighted by molar-refractivity contribution is 5.81. The largest absolute Gasteiger partial charge is 0.376 e. The molecule has 0 atom stereocenters. The van der Waals surface area contributed by atoms with Crippen LogP contribution in [0.4, 0.5) is 5.69 Å². The lowest BCUT2D eigenvalue weighted by Crippen LogP contribution is -2.39. The van der Waals surface area contributed by atoms with E-state index in [0.29, 0.717) is 12.6 Å². The Balaban J connectivity index is 1.87. The van der Waals surface area contributed by atoms with Crippen LogP contribution in [-0.2, 0) is 4.79 Å². The van der Waals surface area contributed by atoms with Crippen molar-refractivity contribution < 1.29 is 4.79 Å². The normalized spacial score (nSPS) is 15.9. The molecule has 0 aromatic heterocycles. The summed E-state index contributed by atoms with van der Waals surface area (Å²) in [6, 6.07) is 4.68. The fraction of sp³-hybridized carbons (Fsp3) is 0.588. The SMILES string of the molecule is Cc1cc(C)c(NCC(=O)NC2CCCCC2)c(C)c1. The number of aryl methyl sites for hydroxylation is 3. The van der Waals surface area contributed by atoms with Crippen LogP contribution in [0.5, 0.6) is 0 Å².